The van der Waals surface area contributed by atoms with Crippen molar-refractivity contribution >= 4 is 41.8 Å². The number of hydrogen-bond acceptors (Lipinski definition) is 4. The van der Waals surface area contributed by atoms with Crippen LogP contribution < -0.4 is 11.1 Å². The molecule has 25 heavy (non-hydrogen) atoms. The van der Waals surface area contributed by atoms with E-state index in [-0.39, 0.29) is 42.7 Å². The first-order chi connectivity index (χ1) is 10.7. The number of rotatable bonds is 5. The van der Waals surface area contributed by atoms with Crippen LogP contribution in [-0.2, 0) is 0 Å². The second-order valence-corrected chi connectivity index (χ2v) is 6.96. The Morgan fingerprint density at radius 2 is 1.92 bits per heavy atom. The van der Waals surface area contributed by atoms with E-state index in [2.05, 4.69) is 29.2 Å². The number of fused-ring (bicyclic) bond motifs is 1. The maximum absolute atomic E-state index is 12.8. The lowest BCUT2D eigenvalue weighted by Crippen LogP contribution is -2.55. The lowest BCUT2D eigenvalue weighted by molar-refractivity contribution is 0.0885. The van der Waals surface area contributed by atoms with Crippen LogP contribution in [0.5, 0.6) is 0 Å². The minimum Gasteiger partial charge on any atom is -0.345 e. The zero-order valence-corrected chi connectivity index (χ0v) is 17.3. The van der Waals surface area contributed by atoms with Crippen molar-refractivity contribution in [1.82, 2.24) is 20.1 Å². The van der Waals surface area contributed by atoms with Crippen molar-refractivity contribution in [2.75, 3.05) is 6.54 Å². The summed E-state index contributed by atoms with van der Waals surface area (Å²) >= 11 is 0. The molecule has 0 radical (unpaired) electrons. The van der Waals surface area contributed by atoms with E-state index in [4.69, 9.17) is 5.73 Å². The monoisotopic (exact) mass is 389 g/mol. The Hall–Kier alpha value is -1.37. The summed E-state index contributed by atoms with van der Waals surface area (Å²) in [5.74, 6) is 0.0960. The minimum atomic E-state index is -0.450. The van der Waals surface area contributed by atoms with Gasteiger partial charge >= 0.3 is 0 Å². The number of nitrogens with zero attached hydrogens (tertiary/aromatic N) is 3. The number of halogens is 2. The number of carbonyl (C=O) groups is 1. The lowest BCUT2D eigenvalue weighted by atomic mass is 9.88. The van der Waals surface area contributed by atoms with Gasteiger partial charge in [0, 0.05) is 18.3 Å². The molecule has 0 aliphatic rings. The molecule has 2 aromatic heterocycles. The van der Waals surface area contributed by atoms with Crippen molar-refractivity contribution < 1.29 is 4.79 Å². The van der Waals surface area contributed by atoms with Gasteiger partial charge in [0.15, 0.2) is 5.65 Å². The molecule has 0 saturated carbocycles. The molecular formula is C17H29Cl2N5O. The van der Waals surface area contributed by atoms with Gasteiger partial charge in [0.05, 0.1) is 22.7 Å². The Labute approximate surface area is 161 Å². The number of aryl methyl sites for hydroxylation is 1. The topological polar surface area (TPSA) is 85.8 Å². The number of hydrogen-bond donors (Lipinski definition) is 2. The number of carbonyl (C=O) groups excluding carboxylic acids is 1. The maximum Gasteiger partial charge on any atom is 0.252 e. The van der Waals surface area contributed by atoms with Crippen molar-refractivity contribution in [3.63, 3.8) is 0 Å². The van der Waals surface area contributed by atoms with E-state index in [1.807, 2.05) is 32.4 Å². The van der Waals surface area contributed by atoms with E-state index in [1.54, 1.807) is 12.3 Å². The first-order valence-corrected chi connectivity index (χ1v) is 8.07. The quantitative estimate of drug-likeness (QED) is 0.821. The third-order valence-corrected chi connectivity index (χ3v) is 4.53. The first-order valence-electron chi connectivity index (χ1n) is 8.07. The maximum atomic E-state index is 12.8. The van der Waals surface area contributed by atoms with Crippen molar-refractivity contribution in [2.24, 2.45) is 11.7 Å². The largest absolute Gasteiger partial charge is 0.345 e. The summed E-state index contributed by atoms with van der Waals surface area (Å²) in [5, 5.41) is 8.24. The third-order valence-electron chi connectivity index (χ3n) is 4.53. The van der Waals surface area contributed by atoms with Gasteiger partial charge in [0.25, 0.3) is 5.91 Å². The van der Waals surface area contributed by atoms with Gasteiger partial charge in [-0.1, -0.05) is 13.8 Å². The highest BCUT2D eigenvalue weighted by atomic mass is 35.5. The Morgan fingerprint density at radius 1 is 1.32 bits per heavy atom. The molecule has 0 fully saturated rings. The van der Waals surface area contributed by atoms with Gasteiger partial charge in [-0.15, -0.1) is 24.8 Å². The predicted octanol–water partition coefficient (Wildman–Crippen LogP) is 3.27. The second kappa shape index (κ2) is 8.83. The molecule has 142 valence electrons. The molecule has 2 aromatic rings. The fourth-order valence-corrected chi connectivity index (χ4v) is 2.47. The Kier molecular flexibility index (Phi) is 8.34. The average molecular weight is 390 g/mol. The van der Waals surface area contributed by atoms with Crippen LogP contribution in [-0.4, -0.2) is 32.8 Å². The summed E-state index contributed by atoms with van der Waals surface area (Å²) < 4.78 is 1.84. The molecule has 0 bridgehead atoms. The third kappa shape index (κ3) is 4.63. The zero-order valence-electron chi connectivity index (χ0n) is 15.7. The fraction of sp³-hybridized carbons (Fsp3) is 0.588. The van der Waals surface area contributed by atoms with Gasteiger partial charge in [-0.2, -0.15) is 5.10 Å². The molecule has 1 amide bonds. The molecule has 1 atom stereocenters. The summed E-state index contributed by atoms with van der Waals surface area (Å²) in [7, 11) is 0. The zero-order chi connectivity index (χ0) is 17.4. The Balaban J connectivity index is 0.00000288. The molecule has 1 unspecified atom stereocenters. The summed E-state index contributed by atoms with van der Waals surface area (Å²) in [5.41, 5.74) is 7.56. The molecule has 0 saturated heterocycles. The number of aromatic nitrogens is 3. The fourth-order valence-electron chi connectivity index (χ4n) is 2.47. The summed E-state index contributed by atoms with van der Waals surface area (Å²) in [6.07, 6.45) is 1.71. The molecule has 0 aliphatic carbocycles. The second-order valence-electron chi connectivity index (χ2n) is 6.96. The average Bonchev–Trinajstić information content (AvgIpc) is 2.89. The molecule has 0 spiro atoms. The highest BCUT2D eigenvalue weighted by molar-refractivity contribution is 6.05. The molecule has 2 heterocycles. The van der Waals surface area contributed by atoms with Gasteiger partial charge < -0.3 is 11.1 Å². The smallest absolute Gasteiger partial charge is 0.252 e. The van der Waals surface area contributed by atoms with Crippen molar-refractivity contribution in [3.8, 4) is 0 Å². The van der Waals surface area contributed by atoms with E-state index in [0.717, 1.165) is 16.7 Å². The van der Waals surface area contributed by atoms with E-state index in [1.165, 1.54) is 0 Å². The highest BCUT2D eigenvalue weighted by Crippen LogP contribution is 2.22. The van der Waals surface area contributed by atoms with Crippen LogP contribution in [0.15, 0.2) is 12.3 Å². The molecule has 0 aliphatic heterocycles. The van der Waals surface area contributed by atoms with Crippen LogP contribution in [0.25, 0.3) is 11.0 Å². The normalized spacial score (nSPS) is 13.3. The Bertz CT molecular complexity index is 729. The van der Waals surface area contributed by atoms with Crippen LogP contribution in [0, 0.1) is 12.8 Å². The Morgan fingerprint density at radius 3 is 2.40 bits per heavy atom. The van der Waals surface area contributed by atoms with Crippen LogP contribution in [0.4, 0.5) is 0 Å². The van der Waals surface area contributed by atoms with E-state index >= 15 is 0 Å². The number of nitrogens with two attached hydrogens (primary N) is 1. The van der Waals surface area contributed by atoms with Gasteiger partial charge in [-0.3, -0.25) is 4.79 Å². The number of nitrogens with one attached hydrogen (secondary N) is 1. The van der Waals surface area contributed by atoms with E-state index < -0.39 is 5.54 Å². The molecular weight excluding hydrogens is 361 g/mol. The SMILES string of the molecule is Cc1cc(C(=O)NC(C)(CN)C(C)C)c2cnn(C(C)C)c2n1.Cl.Cl. The van der Waals surface area contributed by atoms with Crippen LogP contribution in [0.3, 0.4) is 0 Å². The number of amides is 1. The molecule has 0 aromatic carbocycles. The number of pyridine rings is 1. The van der Waals surface area contributed by atoms with Crippen LogP contribution in [0.2, 0.25) is 0 Å². The van der Waals surface area contributed by atoms with Crippen molar-refractivity contribution in [1.29, 1.82) is 0 Å². The van der Waals surface area contributed by atoms with Crippen LogP contribution >= 0.6 is 24.8 Å². The predicted molar refractivity (Wildman–Crippen MR) is 107 cm³/mol. The molecule has 6 nitrogen and oxygen atoms in total. The van der Waals surface area contributed by atoms with Crippen LogP contribution in [0.1, 0.15) is 56.7 Å². The summed E-state index contributed by atoms with van der Waals surface area (Å²) in [6.45, 7) is 12.4. The molecule has 3 N–H and O–H groups in total. The molecule has 8 heteroatoms. The first kappa shape index (κ1) is 23.6. The van der Waals surface area contributed by atoms with Crippen molar-refractivity contribution in [3.05, 3.63) is 23.5 Å². The van der Waals surface area contributed by atoms with Gasteiger partial charge in [-0.05, 0) is 39.7 Å². The summed E-state index contributed by atoms with van der Waals surface area (Å²) in [4.78, 5) is 17.4. The lowest BCUT2D eigenvalue weighted by Gasteiger charge is -2.33. The summed E-state index contributed by atoms with van der Waals surface area (Å²) in [6, 6.07) is 1.99. The minimum absolute atomic E-state index is 0. The standard InChI is InChI=1S/C17H27N5O.2ClH/c1-10(2)17(6,9-18)21-16(23)13-7-12(5)20-15-14(13)8-19-22(15)11(3)4;;/h7-8,10-11H,9,18H2,1-6H3,(H,21,23);2*1H. The van der Waals surface area contributed by atoms with Gasteiger partial charge in [0.2, 0.25) is 0 Å². The van der Waals surface area contributed by atoms with Gasteiger partial charge in [0.1, 0.15) is 0 Å². The van der Waals surface area contributed by atoms with Gasteiger partial charge in [-0.25, -0.2) is 9.67 Å². The highest BCUT2D eigenvalue weighted by Gasteiger charge is 2.30. The van der Waals surface area contributed by atoms with Crippen molar-refractivity contribution in [2.45, 2.75) is 53.1 Å². The van der Waals surface area contributed by atoms with E-state index in [9.17, 15) is 4.79 Å². The molecule has 2 rings (SSSR count). The van der Waals surface area contributed by atoms with E-state index in [0.29, 0.717) is 12.1 Å².